The lowest BCUT2D eigenvalue weighted by Crippen LogP contribution is -2.14. The fraction of sp³-hybridized carbons (Fsp3) is 0.0769. The fourth-order valence-corrected chi connectivity index (χ4v) is 1.72. The first-order valence-corrected chi connectivity index (χ1v) is 5.86. The van der Waals surface area contributed by atoms with Crippen LogP contribution in [0.5, 0.6) is 11.5 Å². The summed E-state index contributed by atoms with van der Waals surface area (Å²) in [5.41, 5.74) is 6.72. The van der Waals surface area contributed by atoms with Crippen molar-refractivity contribution in [2.45, 2.75) is 6.92 Å². The van der Waals surface area contributed by atoms with E-state index in [0.29, 0.717) is 22.2 Å². The van der Waals surface area contributed by atoms with Gasteiger partial charge in [0.1, 0.15) is 17.2 Å². The molecule has 0 spiro atoms. The third-order valence-electron chi connectivity index (χ3n) is 2.47. The zero-order valence-electron chi connectivity index (χ0n) is 10.2. The second-order valence-electron chi connectivity index (χ2n) is 3.88. The first kappa shape index (κ1) is 13.2. The van der Waals surface area contributed by atoms with Crippen LogP contribution in [0.2, 0.25) is 5.02 Å². The van der Waals surface area contributed by atoms with Crippen LogP contribution in [0, 0.1) is 6.92 Å². The highest BCUT2D eigenvalue weighted by Crippen LogP contribution is 2.26. The molecule has 0 fully saturated rings. The van der Waals surface area contributed by atoms with E-state index in [1.54, 1.807) is 24.3 Å². The molecule has 6 heteroatoms. The molecule has 1 aromatic heterocycles. The molecule has 0 aliphatic rings. The molecule has 2 rings (SSSR count). The van der Waals surface area contributed by atoms with Crippen molar-refractivity contribution in [1.82, 2.24) is 4.98 Å². The summed E-state index contributed by atoms with van der Waals surface area (Å²) in [6.07, 6.45) is 1.50. The summed E-state index contributed by atoms with van der Waals surface area (Å²) >= 11 is 5.87. The predicted octanol–water partition coefficient (Wildman–Crippen LogP) is 2.93. The molecule has 1 aromatic carbocycles. The van der Waals surface area contributed by atoms with Crippen LogP contribution in [0.4, 0.5) is 0 Å². The Kier molecular flexibility index (Phi) is 3.87. The molecule has 0 radical (unpaired) electrons. The van der Waals surface area contributed by atoms with Gasteiger partial charge in [-0.1, -0.05) is 16.8 Å². The van der Waals surface area contributed by atoms with Gasteiger partial charge in [-0.2, -0.15) is 0 Å². The van der Waals surface area contributed by atoms with Crippen molar-refractivity contribution in [1.29, 1.82) is 0 Å². The van der Waals surface area contributed by atoms with Gasteiger partial charge in [-0.05, 0) is 42.8 Å². The number of nitrogens with two attached hydrogens (primary N) is 1. The van der Waals surface area contributed by atoms with Gasteiger partial charge in [-0.15, -0.1) is 0 Å². The maximum absolute atomic E-state index is 8.53. The zero-order valence-corrected chi connectivity index (χ0v) is 10.9. The summed E-state index contributed by atoms with van der Waals surface area (Å²) in [4.78, 5) is 4.03. The van der Waals surface area contributed by atoms with Gasteiger partial charge in [-0.25, -0.2) is 4.98 Å². The second kappa shape index (κ2) is 5.58. The van der Waals surface area contributed by atoms with E-state index in [2.05, 4.69) is 10.1 Å². The number of hydrogen-bond acceptors (Lipinski definition) is 4. The van der Waals surface area contributed by atoms with Crippen LogP contribution in [-0.2, 0) is 0 Å². The van der Waals surface area contributed by atoms with Crippen molar-refractivity contribution in [2.24, 2.45) is 10.9 Å². The molecule has 0 aliphatic heterocycles. The molecule has 0 saturated heterocycles. The minimum Gasteiger partial charge on any atom is -0.455 e. The van der Waals surface area contributed by atoms with Gasteiger partial charge in [0.2, 0.25) is 0 Å². The van der Waals surface area contributed by atoms with E-state index in [1.165, 1.54) is 6.20 Å². The van der Waals surface area contributed by atoms with Gasteiger partial charge in [0.05, 0.1) is 6.20 Å². The van der Waals surface area contributed by atoms with Gasteiger partial charge >= 0.3 is 0 Å². The number of rotatable bonds is 3. The van der Waals surface area contributed by atoms with Crippen molar-refractivity contribution >= 4 is 17.4 Å². The highest BCUT2D eigenvalue weighted by Gasteiger charge is 2.04. The Morgan fingerprint density at radius 1 is 1.37 bits per heavy atom. The van der Waals surface area contributed by atoms with Crippen molar-refractivity contribution in [2.75, 3.05) is 0 Å². The van der Waals surface area contributed by atoms with Crippen LogP contribution in [0.15, 0.2) is 41.7 Å². The lowest BCUT2D eigenvalue weighted by Gasteiger charge is -2.08. The van der Waals surface area contributed by atoms with Gasteiger partial charge in [0.15, 0.2) is 5.84 Å². The van der Waals surface area contributed by atoms with Gasteiger partial charge < -0.3 is 15.7 Å². The molecule has 0 saturated carbocycles. The number of ether oxygens (including phenoxy) is 1. The van der Waals surface area contributed by atoms with E-state index in [9.17, 15) is 0 Å². The SMILES string of the molecule is Cc1cc(Cl)ccc1Oc1ccc(/C(N)=N/O)nc1. The molecular formula is C13H12ClN3O2. The van der Waals surface area contributed by atoms with Crippen LogP contribution >= 0.6 is 11.6 Å². The summed E-state index contributed by atoms with van der Waals surface area (Å²) < 4.78 is 5.67. The molecule has 0 atom stereocenters. The van der Waals surface area contributed by atoms with Crippen LogP contribution < -0.4 is 10.5 Å². The Balaban J connectivity index is 2.20. The monoisotopic (exact) mass is 277 g/mol. The van der Waals surface area contributed by atoms with Crippen LogP contribution in [0.3, 0.4) is 0 Å². The maximum atomic E-state index is 8.53. The Hall–Kier alpha value is -2.27. The number of halogens is 1. The minimum atomic E-state index is -0.0470. The summed E-state index contributed by atoms with van der Waals surface area (Å²) in [6, 6.07) is 8.65. The Morgan fingerprint density at radius 3 is 2.74 bits per heavy atom. The molecule has 2 aromatic rings. The highest BCUT2D eigenvalue weighted by atomic mass is 35.5. The number of pyridine rings is 1. The van der Waals surface area contributed by atoms with E-state index in [0.717, 1.165) is 5.56 Å². The minimum absolute atomic E-state index is 0.0470. The predicted molar refractivity (Wildman–Crippen MR) is 73.0 cm³/mol. The molecule has 0 amide bonds. The van der Waals surface area contributed by atoms with E-state index >= 15 is 0 Å². The molecule has 1 heterocycles. The molecule has 0 unspecified atom stereocenters. The number of oxime groups is 1. The van der Waals surface area contributed by atoms with Crippen LogP contribution in [-0.4, -0.2) is 16.0 Å². The number of nitrogens with zero attached hydrogens (tertiary/aromatic N) is 2. The smallest absolute Gasteiger partial charge is 0.188 e. The van der Waals surface area contributed by atoms with Gasteiger partial charge in [0, 0.05) is 5.02 Å². The van der Waals surface area contributed by atoms with Crippen molar-refractivity contribution in [3.8, 4) is 11.5 Å². The molecular weight excluding hydrogens is 266 g/mol. The van der Waals surface area contributed by atoms with Gasteiger partial charge in [0.25, 0.3) is 0 Å². The van der Waals surface area contributed by atoms with Crippen molar-refractivity contribution < 1.29 is 9.94 Å². The molecule has 19 heavy (non-hydrogen) atoms. The first-order chi connectivity index (χ1) is 9.10. The number of amidine groups is 1. The van der Waals surface area contributed by atoms with Crippen molar-refractivity contribution in [3.63, 3.8) is 0 Å². The third-order valence-corrected chi connectivity index (χ3v) is 2.71. The molecule has 3 N–H and O–H groups in total. The van der Waals surface area contributed by atoms with E-state index < -0.39 is 0 Å². The highest BCUT2D eigenvalue weighted by molar-refractivity contribution is 6.30. The lowest BCUT2D eigenvalue weighted by atomic mass is 10.2. The standard InChI is InChI=1S/C13H12ClN3O2/c1-8-6-9(14)2-5-12(8)19-10-3-4-11(16-7-10)13(15)17-18/h2-7,18H,1H3,(H2,15,17). The average molecular weight is 278 g/mol. The third kappa shape index (κ3) is 3.14. The fourth-order valence-electron chi connectivity index (χ4n) is 1.50. The maximum Gasteiger partial charge on any atom is 0.188 e. The van der Waals surface area contributed by atoms with Gasteiger partial charge in [-0.3, -0.25) is 0 Å². The van der Waals surface area contributed by atoms with E-state index in [1.807, 2.05) is 13.0 Å². The number of aryl methyl sites for hydroxylation is 1. The number of benzene rings is 1. The lowest BCUT2D eigenvalue weighted by molar-refractivity contribution is 0.318. The second-order valence-corrected chi connectivity index (χ2v) is 4.31. The Morgan fingerprint density at radius 2 is 2.16 bits per heavy atom. The summed E-state index contributed by atoms with van der Waals surface area (Å²) in [5.74, 6) is 1.21. The first-order valence-electron chi connectivity index (χ1n) is 5.48. The molecule has 98 valence electrons. The molecule has 0 bridgehead atoms. The normalized spacial score (nSPS) is 11.4. The number of aromatic nitrogens is 1. The topological polar surface area (TPSA) is 80.7 Å². The van der Waals surface area contributed by atoms with E-state index in [-0.39, 0.29) is 5.84 Å². The Labute approximate surface area is 115 Å². The van der Waals surface area contributed by atoms with Crippen LogP contribution in [0.1, 0.15) is 11.3 Å². The summed E-state index contributed by atoms with van der Waals surface area (Å²) in [6.45, 7) is 1.90. The quantitative estimate of drug-likeness (QED) is 0.391. The average Bonchev–Trinajstić information content (AvgIpc) is 2.42. The van der Waals surface area contributed by atoms with E-state index in [4.69, 9.17) is 27.3 Å². The number of hydrogen-bond donors (Lipinski definition) is 2. The van der Waals surface area contributed by atoms with Crippen LogP contribution in [0.25, 0.3) is 0 Å². The van der Waals surface area contributed by atoms with Crippen molar-refractivity contribution in [3.05, 3.63) is 52.8 Å². The summed E-state index contributed by atoms with van der Waals surface area (Å²) in [5, 5.41) is 12.1. The molecule has 0 aliphatic carbocycles. The Bertz CT molecular complexity index is 612. The largest absolute Gasteiger partial charge is 0.455 e. The zero-order chi connectivity index (χ0) is 13.8. The molecule has 5 nitrogen and oxygen atoms in total. The summed E-state index contributed by atoms with van der Waals surface area (Å²) in [7, 11) is 0.